The van der Waals surface area contributed by atoms with Crippen LogP contribution in [-0.4, -0.2) is 37.4 Å². The molecule has 0 unspecified atom stereocenters. The number of ether oxygens (including phenoxy) is 1. The molecule has 40 heavy (non-hydrogen) atoms. The number of halogens is 7. The lowest BCUT2D eigenvalue weighted by atomic mass is 10.1. The molecule has 0 saturated carbocycles. The van der Waals surface area contributed by atoms with Crippen molar-refractivity contribution >= 4 is 68.1 Å². The molecule has 8 nitrogen and oxygen atoms in total. The van der Waals surface area contributed by atoms with Crippen molar-refractivity contribution in [2.24, 2.45) is 0 Å². The fraction of sp³-hybridized carbons (Fsp3) is 0.120. The summed E-state index contributed by atoms with van der Waals surface area (Å²) in [5, 5.41) is 11.1. The van der Waals surface area contributed by atoms with Gasteiger partial charge in [-0.1, -0.05) is 53.0 Å². The van der Waals surface area contributed by atoms with Gasteiger partial charge >= 0.3 is 6.18 Å². The van der Waals surface area contributed by atoms with Crippen LogP contribution in [0.25, 0.3) is 16.9 Å². The number of benzene rings is 2. The summed E-state index contributed by atoms with van der Waals surface area (Å²) in [6.45, 7) is 0.298. The van der Waals surface area contributed by atoms with Gasteiger partial charge in [0.1, 0.15) is 10.8 Å². The first-order chi connectivity index (χ1) is 18.9. The molecule has 3 aromatic heterocycles. The predicted molar refractivity (Wildman–Crippen MR) is 148 cm³/mol. The number of alkyl halides is 3. The third kappa shape index (κ3) is 5.62. The molecule has 0 fully saturated rings. The van der Waals surface area contributed by atoms with Gasteiger partial charge in [-0.05, 0) is 51.8 Å². The van der Waals surface area contributed by atoms with Crippen molar-refractivity contribution in [2.75, 3.05) is 12.4 Å². The number of fused-ring (bicyclic) bond motifs is 1. The molecular weight excluding hydrogens is 660 g/mol. The molecule has 0 spiro atoms. The zero-order valence-corrected chi connectivity index (χ0v) is 24.0. The van der Waals surface area contributed by atoms with Gasteiger partial charge in [-0.15, -0.1) is 0 Å². The van der Waals surface area contributed by atoms with E-state index in [2.05, 4.69) is 36.4 Å². The van der Waals surface area contributed by atoms with E-state index in [1.165, 1.54) is 17.9 Å². The number of anilines is 1. The number of hydrogen-bond donors (Lipinski definition) is 1. The molecule has 0 aliphatic carbocycles. The van der Waals surface area contributed by atoms with Gasteiger partial charge in [0.25, 0.3) is 5.91 Å². The Balaban J connectivity index is 1.49. The van der Waals surface area contributed by atoms with Crippen LogP contribution in [0.2, 0.25) is 15.1 Å². The molecule has 0 saturated heterocycles. The van der Waals surface area contributed by atoms with Crippen LogP contribution in [0.5, 0.6) is 5.75 Å². The molecule has 5 aromatic rings. The van der Waals surface area contributed by atoms with Crippen molar-refractivity contribution in [3.63, 3.8) is 0 Å². The lowest BCUT2D eigenvalue weighted by molar-refractivity contribution is -0.142. The highest BCUT2D eigenvalue weighted by Crippen LogP contribution is 2.35. The van der Waals surface area contributed by atoms with Crippen LogP contribution < -0.4 is 10.1 Å². The molecule has 3 heterocycles. The normalized spacial score (nSPS) is 11.7. The van der Waals surface area contributed by atoms with Crippen LogP contribution in [-0.2, 0) is 12.7 Å². The van der Waals surface area contributed by atoms with Gasteiger partial charge in [0.15, 0.2) is 22.9 Å². The minimum atomic E-state index is -4.83. The number of amides is 1. The Hall–Kier alpha value is -3.32. The average Bonchev–Trinajstić information content (AvgIpc) is 3.43. The number of nitrogens with one attached hydrogen (secondary N) is 1. The van der Waals surface area contributed by atoms with E-state index < -0.39 is 23.5 Å². The molecule has 0 bridgehead atoms. The third-order valence-electron chi connectivity index (χ3n) is 5.68. The van der Waals surface area contributed by atoms with Gasteiger partial charge in [0.2, 0.25) is 0 Å². The van der Waals surface area contributed by atoms with E-state index in [4.69, 9.17) is 39.5 Å². The highest BCUT2D eigenvalue weighted by Gasteiger charge is 2.37. The quantitative estimate of drug-likeness (QED) is 0.200. The smallest absolute Gasteiger partial charge is 0.433 e. The minimum Gasteiger partial charge on any atom is -0.497 e. The Morgan fingerprint density at radius 1 is 1.07 bits per heavy atom. The molecule has 15 heteroatoms. The van der Waals surface area contributed by atoms with Crippen LogP contribution in [0.3, 0.4) is 0 Å². The van der Waals surface area contributed by atoms with E-state index in [-0.39, 0.29) is 22.2 Å². The molecule has 0 radical (unpaired) electrons. The second-order valence-electron chi connectivity index (χ2n) is 8.38. The highest BCUT2D eigenvalue weighted by molar-refractivity contribution is 9.10. The Labute approximate surface area is 247 Å². The molecule has 5 rings (SSSR count). The monoisotopic (exact) mass is 672 g/mol. The highest BCUT2D eigenvalue weighted by atomic mass is 79.9. The number of methoxy groups -OCH3 is 1. The first-order valence-electron chi connectivity index (χ1n) is 11.2. The van der Waals surface area contributed by atoms with Crippen LogP contribution in [0.1, 0.15) is 21.7 Å². The number of aromatic nitrogens is 5. The summed E-state index contributed by atoms with van der Waals surface area (Å²) in [6, 6.07) is 12.3. The number of carbonyl (C=O) groups is 1. The van der Waals surface area contributed by atoms with Crippen LogP contribution in [0, 0.1) is 0 Å². The van der Waals surface area contributed by atoms with Gasteiger partial charge in [0, 0.05) is 11.8 Å². The molecular formula is C25H15BrCl3F3N6O2. The summed E-state index contributed by atoms with van der Waals surface area (Å²) < 4.78 is 49.7. The maximum Gasteiger partial charge on any atom is 0.433 e. The molecule has 206 valence electrons. The third-order valence-corrected chi connectivity index (χ3v) is 7.35. The molecule has 0 aliphatic rings. The summed E-state index contributed by atoms with van der Waals surface area (Å²) in [5.41, 5.74) is -0.855. The zero-order valence-electron chi connectivity index (χ0n) is 20.1. The Morgan fingerprint density at radius 2 is 1.85 bits per heavy atom. The summed E-state index contributed by atoms with van der Waals surface area (Å²) in [5.74, 6) is -0.358. The first kappa shape index (κ1) is 28.2. The maximum absolute atomic E-state index is 14.0. The van der Waals surface area contributed by atoms with E-state index in [0.29, 0.717) is 36.9 Å². The number of rotatable bonds is 6. The van der Waals surface area contributed by atoms with Gasteiger partial charge in [0.05, 0.1) is 33.9 Å². The molecule has 0 atom stereocenters. The van der Waals surface area contributed by atoms with Crippen molar-refractivity contribution in [3.8, 4) is 17.0 Å². The Morgan fingerprint density at radius 3 is 2.55 bits per heavy atom. The fourth-order valence-electron chi connectivity index (χ4n) is 3.82. The number of hydrogen-bond acceptors (Lipinski definition) is 5. The fourth-order valence-corrected chi connectivity index (χ4v) is 4.80. The first-order valence-corrected chi connectivity index (χ1v) is 13.2. The SMILES string of the molecule is COc1cccc(-c2cc(C(F)(F)F)n3nc(C(=O)Nc4nn(Cc5ccc(Cl)c(Cl)c5)cc4Br)c(Cl)c3n2)c1. The molecule has 0 aliphatic heterocycles. The van der Waals surface area contributed by atoms with Crippen molar-refractivity contribution in [1.29, 1.82) is 0 Å². The lowest BCUT2D eigenvalue weighted by Crippen LogP contribution is -2.16. The maximum atomic E-state index is 14.0. The van der Waals surface area contributed by atoms with Crippen LogP contribution in [0.15, 0.2) is 59.2 Å². The summed E-state index contributed by atoms with van der Waals surface area (Å²) >= 11 is 21.7. The number of nitrogens with zero attached hydrogens (tertiary/aromatic N) is 5. The van der Waals surface area contributed by atoms with E-state index >= 15 is 0 Å². The zero-order chi connectivity index (χ0) is 28.8. The lowest BCUT2D eigenvalue weighted by Gasteiger charge is -2.11. The summed E-state index contributed by atoms with van der Waals surface area (Å²) in [4.78, 5) is 17.4. The van der Waals surface area contributed by atoms with E-state index in [0.717, 1.165) is 11.6 Å². The van der Waals surface area contributed by atoms with Crippen LogP contribution in [0.4, 0.5) is 19.0 Å². The van der Waals surface area contributed by atoms with Crippen molar-refractivity contribution in [3.05, 3.63) is 91.2 Å². The van der Waals surface area contributed by atoms with Crippen molar-refractivity contribution in [1.82, 2.24) is 24.4 Å². The average molecular weight is 675 g/mol. The Bertz CT molecular complexity index is 1770. The summed E-state index contributed by atoms with van der Waals surface area (Å²) in [7, 11) is 1.43. The van der Waals surface area contributed by atoms with Gasteiger partial charge in [-0.3, -0.25) is 9.48 Å². The second-order valence-corrected chi connectivity index (χ2v) is 10.4. The van der Waals surface area contributed by atoms with Crippen LogP contribution >= 0.6 is 50.7 Å². The standard InChI is InChI=1S/C25H15BrCl3F3N6O2/c1-40-14-4-2-3-13(8-14)18-9-19(25(30,31)32)38-23(33-18)20(29)21(35-38)24(39)34-22-15(26)11-37(36-22)10-12-5-6-16(27)17(28)7-12/h2-9,11H,10H2,1H3,(H,34,36,39). The predicted octanol–water partition coefficient (Wildman–Crippen LogP) is 7.64. The topological polar surface area (TPSA) is 86.3 Å². The van der Waals surface area contributed by atoms with Gasteiger partial charge in [-0.25, -0.2) is 9.50 Å². The molecule has 2 aromatic carbocycles. The molecule has 1 N–H and O–H groups in total. The second kappa shape index (κ2) is 10.9. The van der Waals surface area contributed by atoms with Gasteiger partial charge < -0.3 is 10.1 Å². The Kier molecular flexibility index (Phi) is 7.71. The largest absolute Gasteiger partial charge is 0.497 e. The summed E-state index contributed by atoms with van der Waals surface area (Å²) in [6.07, 6.45) is -3.22. The van der Waals surface area contributed by atoms with Crippen molar-refractivity contribution in [2.45, 2.75) is 12.7 Å². The minimum absolute atomic E-state index is 0.0312. The van der Waals surface area contributed by atoms with Gasteiger partial charge in [-0.2, -0.15) is 23.4 Å². The number of carbonyl (C=O) groups excluding carboxylic acids is 1. The van der Waals surface area contributed by atoms with E-state index in [9.17, 15) is 18.0 Å². The van der Waals surface area contributed by atoms with E-state index in [1.54, 1.807) is 42.6 Å². The molecule has 1 amide bonds. The van der Waals surface area contributed by atoms with E-state index in [1.807, 2.05) is 0 Å². The van der Waals surface area contributed by atoms with Crippen molar-refractivity contribution < 1.29 is 22.7 Å².